The summed E-state index contributed by atoms with van der Waals surface area (Å²) in [5, 5.41) is 2.60. The summed E-state index contributed by atoms with van der Waals surface area (Å²) < 4.78 is 27.3. The minimum Gasteiger partial charge on any atom is -0.334 e. The van der Waals surface area contributed by atoms with Gasteiger partial charge in [0.15, 0.2) is 0 Å². The van der Waals surface area contributed by atoms with Crippen molar-refractivity contribution >= 4 is 17.8 Å². The summed E-state index contributed by atoms with van der Waals surface area (Å²) in [6.45, 7) is 1.16. The molecule has 1 N–H and O–H groups in total. The van der Waals surface area contributed by atoms with Crippen molar-refractivity contribution in [3.05, 3.63) is 71.3 Å². The summed E-state index contributed by atoms with van der Waals surface area (Å²) in [7, 11) is 0. The minimum absolute atomic E-state index is 0.0265. The lowest BCUT2D eigenvalue weighted by molar-refractivity contribution is -0.139. The van der Waals surface area contributed by atoms with Crippen molar-refractivity contribution in [3.8, 4) is 0 Å². The van der Waals surface area contributed by atoms with Gasteiger partial charge in [0, 0.05) is 18.2 Å². The number of hydrogen-bond donors (Lipinski definition) is 1. The van der Waals surface area contributed by atoms with Gasteiger partial charge in [-0.3, -0.25) is 14.5 Å². The molecule has 4 rings (SSSR count). The number of hydrogen-bond acceptors (Lipinski definition) is 3. The Morgan fingerprint density at radius 3 is 2.43 bits per heavy atom. The number of rotatable bonds is 6. The van der Waals surface area contributed by atoms with Gasteiger partial charge in [-0.25, -0.2) is 13.6 Å². The predicted octanol–water partition coefficient (Wildman–Crippen LogP) is 2.92. The zero-order valence-corrected chi connectivity index (χ0v) is 16.4. The van der Waals surface area contributed by atoms with Crippen LogP contribution < -0.4 is 5.32 Å². The summed E-state index contributed by atoms with van der Waals surface area (Å²) in [6, 6.07) is 10.7. The van der Waals surface area contributed by atoms with Gasteiger partial charge in [0.1, 0.15) is 23.7 Å². The van der Waals surface area contributed by atoms with Crippen LogP contribution in [0.15, 0.2) is 48.5 Å². The van der Waals surface area contributed by atoms with Gasteiger partial charge in [-0.05, 0) is 43.5 Å². The molecule has 1 saturated heterocycles. The minimum atomic E-state index is -1.39. The van der Waals surface area contributed by atoms with E-state index < -0.39 is 41.6 Å². The van der Waals surface area contributed by atoms with Crippen molar-refractivity contribution in [3.63, 3.8) is 0 Å². The second-order valence-corrected chi connectivity index (χ2v) is 7.80. The maximum Gasteiger partial charge on any atom is 0.325 e. The van der Waals surface area contributed by atoms with Crippen LogP contribution >= 0.6 is 0 Å². The Morgan fingerprint density at radius 1 is 1.13 bits per heavy atom. The Balaban J connectivity index is 1.52. The molecule has 30 heavy (non-hydrogen) atoms. The molecular weight excluding hydrogens is 392 g/mol. The van der Waals surface area contributed by atoms with Gasteiger partial charge in [-0.1, -0.05) is 30.3 Å². The third kappa shape index (κ3) is 3.65. The second kappa shape index (κ2) is 7.51. The number of imide groups is 1. The van der Waals surface area contributed by atoms with E-state index in [4.69, 9.17) is 0 Å². The predicted molar refractivity (Wildman–Crippen MR) is 104 cm³/mol. The fraction of sp³-hybridized carbons (Fsp3) is 0.318. The molecular formula is C22H21F2N3O3. The quantitative estimate of drug-likeness (QED) is 0.741. The number of nitrogens with zero attached hydrogens (tertiary/aromatic N) is 2. The summed E-state index contributed by atoms with van der Waals surface area (Å²) in [6.07, 6.45) is 1.60. The first-order valence-corrected chi connectivity index (χ1v) is 9.72. The Labute approximate surface area is 172 Å². The largest absolute Gasteiger partial charge is 0.334 e. The molecule has 0 unspecified atom stereocenters. The second-order valence-electron chi connectivity index (χ2n) is 7.80. The molecule has 2 fully saturated rings. The van der Waals surface area contributed by atoms with E-state index in [0.29, 0.717) is 11.1 Å². The molecule has 1 aliphatic heterocycles. The number of halogens is 2. The molecule has 0 aromatic heterocycles. The zero-order valence-electron chi connectivity index (χ0n) is 16.4. The van der Waals surface area contributed by atoms with Gasteiger partial charge in [0.25, 0.3) is 5.91 Å². The van der Waals surface area contributed by atoms with Crippen LogP contribution in [0.25, 0.3) is 0 Å². The number of nitrogens with one attached hydrogen (secondary N) is 1. The Bertz CT molecular complexity index is 1010. The lowest BCUT2D eigenvalue weighted by Crippen LogP contribution is -2.45. The highest BCUT2D eigenvalue weighted by Gasteiger charge is 2.50. The number of carbonyl (C=O) groups is 3. The van der Waals surface area contributed by atoms with Crippen LogP contribution in [0, 0.1) is 11.6 Å². The summed E-state index contributed by atoms with van der Waals surface area (Å²) in [4.78, 5) is 40.8. The average Bonchev–Trinajstić information content (AvgIpc) is 3.53. The lowest BCUT2D eigenvalue weighted by Gasteiger charge is -2.25. The molecule has 6 nitrogen and oxygen atoms in total. The van der Waals surface area contributed by atoms with Crippen molar-refractivity contribution < 1.29 is 23.2 Å². The molecule has 1 aliphatic carbocycles. The number of urea groups is 1. The number of benzene rings is 2. The van der Waals surface area contributed by atoms with E-state index in [0.717, 1.165) is 17.7 Å². The average molecular weight is 413 g/mol. The van der Waals surface area contributed by atoms with Gasteiger partial charge < -0.3 is 10.2 Å². The van der Waals surface area contributed by atoms with Gasteiger partial charge >= 0.3 is 6.03 Å². The molecule has 0 radical (unpaired) electrons. The van der Waals surface area contributed by atoms with Gasteiger partial charge in [0.05, 0.1) is 0 Å². The molecule has 156 valence electrons. The lowest BCUT2D eigenvalue weighted by atomic mass is 9.92. The van der Waals surface area contributed by atoms with Crippen molar-refractivity contribution in [1.29, 1.82) is 0 Å². The number of amides is 4. The van der Waals surface area contributed by atoms with Crippen LogP contribution in [0.4, 0.5) is 13.6 Å². The molecule has 1 saturated carbocycles. The van der Waals surface area contributed by atoms with Crippen LogP contribution in [0.3, 0.4) is 0 Å². The smallest absolute Gasteiger partial charge is 0.325 e. The van der Waals surface area contributed by atoms with Crippen LogP contribution in [-0.2, 0) is 21.7 Å². The molecule has 0 bridgehead atoms. The molecule has 2 aromatic carbocycles. The van der Waals surface area contributed by atoms with E-state index in [1.54, 1.807) is 18.2 Å². The van der Waals surface area contributed by atoms with Crippen molar-refractivity contribution in [2.24, 2.45) is 0 Å². The van der Waals surface area contributed by atoms with Gasteiger partial charge in [-0.15, -0.1) is 0 Å². The van der Waals surface area contributed by atoms with E-state index in [9.17, 15) is 23.2 Å². The molecule has 8 heteroatoms. The summed E-state index contributed by atoms with van der Waals surface area (Å²) in [5.74, 6) is -1.88. The maximum atomic E-state index is 14.1. The van der Waals surface area contributed by atoms with E-state index >= 15 is 0 Å². The zero-order chi connectivity index (χ0) is 21.5. The monoisotopic (exact) mass is 413 g/mol. The summed E-state index contributed by atoms with van der Waals surface area (Å²) >= 11 is 0. The van der Waals surface area contributed by atoms with E-state index in [-0.39, 0.29) is 12.6 Å². The maximum absolute atomic E-state index is 14.1. The fourth-order valence-electron chi connectivity index (χ4n) is 3.66. The van der Waals surface area contributed by atoms with Crippen LogP contribution in [0.2, 0.25) is 0 Å². The summed E-state index contributed by atoms with van der Waals surface area (Å²) in [5.41, 5.74) is -0.588. The fourth-order valence-corrected chi connectivity index (χ4v) is 3.66. The third-order valence-electron chi connectivity index (χ3n) is 5.60. The van der Waals surface area contributed by atoms with E-state index in [1.807, 2.05) is 0 Å². The molecule has 0 spiro atoms. The van der Waals surface area contributed by atoms with Crippen LogP contribution in [0.1, 0.15) is 30.9 Å². The van der Waals surface area contributed by atoms with E-state index in [2.05, 4.69) is 5.32 Å². The highest BCUT2D eigenvalue weighted by atomic mass is 19.1. The Hall–Kier alpha value is -3.29. The van der Waals surface area contributed by atoms with E-state index in [1.165, 1.54) is 42.2 Å². The SMILES string of the molecule is C[C@@]1(c2ccc(F)cc2)NC(=O)N(CC(=O)N(Cc2ccccc2F)C2CC2)C1=O. The first-order valence-electron chi connectivity index (χ1n) is 9.72. The first kappa shape index (κ1) is 20.0. The Morgan fingerprint density at radius 2 is 1.80 bits per heavy atom. The molecule has 2 aliphatic rings. The topological polar surface area (TPSA) is 69.7 Å². The third-order valence-corrected chi connectivity index (χ3v) is 5.60. The standard InChI is InChI=1S/C22H21F2N3O3/c1-22(15-6-8-16(23)9-7-15)20(29)27(21(30)25-22)13-19(28)26(17-10-11-17)12-14-4-2-3-5-18(14)24/h2-9,17H,10-13H2,1H3,(H,25,30)/t22-/m0/s1. The molecule has 1 atom stereocenters. The highest BCUT2D eigenvalue weighted by Crippen LogP contribution is 2.31. The first-order chi connectivity index (χ1) is 14.3. The number of carbonyl (C=O) groups excluding carboxylic acids is 3. The molecule has 2 aromatic rings. The highest BCUT2D eigenvalue weighted by molar-refractivity contribution is 6.09. The van der Waals surface area contributed by atoms with Crippen molar-refractivity contribution in [2.45, 2.75) is 37.9 Å². The normalized spacial score (nSPS) is 21.0. The van der Waals surface area contributed by atoms with Crippen molar-refractivity contribution in [1.82, 2.24) is 15.1 Å². The molecule has 4 amide bonds. The van der Waals surface area contributed by atoms with Crippen LogP contribution in [-0.4, -0.2) is 40.2 Å². The van der Waals surface area contributed by atoms with Crippen LogP contribution in [0.5, 0.6) is 0 Å². The molecule has 1 heterocycles. The Kier molecular flexibility index (Phi) is 5.01. The van der Waals surface area contributed by atoms with Gasteiger partial charge in [0.2, 0.25) is 5.91 Å². The van der Waals surface area contributed by atoms with Gasteiger partial charge in [-0.2, -0.15) is 0 Å². The van der Waals surface area contributed by atoms with Crippen molar-refractivity contribution in [2.75, 3.05) is 6.54 Å².